The highest BCUT2D eigenvalue weighted by atomic mass is 35.5. The van der Waals surface area contributed by atoms with Gasteiger partial charge < -0.3 is 27.8 Å². The first-order valence-electron chi connectivity index (χ1n) is 36.6. The van der Waals surface area contributed by atoms with Gasteiger partial charge in [-0.2, -0.15) is 20.4 Å². The van der Waals surface area contributed by atoms with Crippen LogP contribution < -0.4 is 27.8 Å². The molecule has 8 N–H and O–H groups in total. The summed E-state index contributed by atoms with van der Waals surface area (Å²) in [4.78, 5) is 52.2. The number of fused-ring (bicyclic) bond motifs is 4. The van der Waals surface area contributed by atoms with Gasteiger partial charge in [0.05, 0.1) is 41.6 Å². The van der Waals surface area contributed by atoms with Crippen molar-refractivity contribution in [2.24, 2.45) is 40.9 Å². The second-order valence-corrected chi connectivity index (χ2v) is 33.4. The number of hydrogen-bond donors (Lipinski definition) is 5. The highest BCUT2D eigenvalue weighted by Crippen LogP contribution is 2.43. The Bertz CT molecular complexity index is 4680. The standard InChI is InChI=1S/C21H22ClN3OS.C21H23N3OS.C20H20ClN3OS.C20H22N4OS/c1-23-21(26)19-20-16(12-18(27-20)14-7-9-15(22)10-8-14)17(24-25-19)11-13-5-3-2-4-6-13;1-13-7-9-15(10-8-13)18-12-16-17(11-14-5-3-2-4-6-14)23-24-19(21(22)25)20(16)26-18;21-14-8-6-13(7-9-14)17-11-15-16(10-12-4-2-1-3-5-12)23-24-18(20(22)25)19(15)26-17;1-12-2-4-14(5-3-12)17-11-15-16(10-13-6-8-22-9-7-13)23-24-18(20(21)25)19(15)26-17/h7-10,12-13H,2-6,11H2,1H3,(H,23,26);7-10,12,14H,2-6,11H2,1H3,(H2,22,25);6-9,11-12H,1-5,10H2,(H2,22,25);2-5,11,13,22H,6-10H2,1H3,(H2,21,25). The van der Waals surface area contributed by atoms with Crippen molar-refractivity contribution in [2.75, 3.05) is 20.1 Å². The van der Waals surface area contributed by atoms with Crippen LogP contribution in [0, 0.1) is 37.5 Å². The predicted molar refractivity (Wildman–Crippen MR) is 430 cm³/mol. The average molecular weight is 1520 g/mol. The Morgan fingerprint density at radius 3 is 0.914 bits per heavy atom. The Morgan fingerprint density at radius 1 is 0.381 bits per heavy atom. The van der Waals surface area contributed by atoms with Gasteiger partial charge in [0.15, 0.2) is 22.8 Å². The van der Waals surface area contributed by atoms with Gasteiger partial charge in [-0.05, 0) is 160 Å². The number of thiophene rings is 4. The van der Waals surface area contributed by atoms with Gasteiger partial charge >= 0.3 is 0 Å². The number of carbonyl (C=O) groups excluding carboxylic acids is 4. The molecule has 0 bridgehead atoms. The van der Waals surface area contributed by atoms with Gasteiger partial charge in [0.25, 0.3) is 23.6 Å². The molecule has 0 unspecified atom stereocenters. The maximum atomic E-state index is 12.3. The van der Waals surface area contributed by atoms with Crippen molar-refractivity contribution >= 4 is 133 Å². The van der Waals surface area contributed by atoms with Gasteiger partial charge in [0, 0.05) is 58.1 Å². The zero-order valence-corrected chi connectivity index (χ0v) is 64.2. The first-order chi connectivity index (χ1) is 51.0. The van der Waals surface area contributed by atoms with Gasteiger partial charge in [-0.1, -0.05) is 203 Å². The first kappa shape index (κ1) is 74.7. The number of carbonyl (C=O) groups is 4. The largest absolute Gasteiger partial charge is 0.364 e. The fourth-order valence-corrected chi connectivity index (χ4v) is 19.8. The SMILES string of the molecule is CNC(=O)c1nnc(CC2CCCCC2)c2cc(-c3ccc(Cl)cc3)sc12.Cc1ccc(-c2cc3c(CC4CCCCC4)nnc(C(N)=O)c3s2)cc1.Cc1ccc(-c2cc3c(CC4CCNCC4)nnc(C(N)=O)c3s2)cc1.NC(=O)c1nnc(CC2CCCCC2)c2cc(-c3ccc(Cl)cc3)sc12. The summed E-state index contributed by atoms with van der Waals surface area (Å²) in [6, 6.07) is 40.9. The zero-order chi connectivity index (χ0) is 73.1. The normalized spacial score (nSPS) is 15.4. The summed E-state index contributed by atoms with van der Waals surface area (Å²) in [7, 11) is 1.62. The van der Waals surface area contributed by atoms with Crippen molar-refractivity contribution in [1.29, 1.82) is 0 Å². The van der Waals surface area contributed by atoms with Crippen LogP contribution >= 0.6 is 68.5 Å². The summed E-state index contributed by atoms with van der Waals surface area (Å²) >= 11 is 18.3. The molecule has 17 nitrogen and oxygen atoms in total. The summed E-state index contributed by atoms with van der Waals surface area (Å²) in [5, 5.41) is 46.0. The number of nitrogens with two attached hydrogens (primary N) is 3. The molecule has 105 heavy (non-hydrogen) atoms. The Kier molecular flexibility index (Phi) is 24.8. The van der Waals surface area contributed by atoms with Crippen LogP contribution in [0.25, 0.3) is 82.1 Å². The van der Waals surface area contributed by atoms with E-state index in [2.05, 4.69) is 138 Å². The molecule has 4 amide bonds. The van der Waals surface area contributed by atoms with E-state index < -0.39 is 17.7 Å². The molecule has 12 aromatic rings. The van der Waals surface area contributed by atoms with E-state index in [9.17, 15) is 19.2 Å². The number of aromatic nitrogens is 8. The highest BCUT2D eigenvalue weighted by Gasteiger charge is 2.27. The van der Waals surface area contributed by atoms with Gasteiger partial charge in [-0.25, -0.2) is 0 Å². The fourth-order valence-electron chi connectivity index (χ4n) is 14.9. The number of amides is 4. The third kappa shape index (κ3) is 18.3. The number of aryl methyl sites for hydroxylation is 2. The third-order valence-electron chi connectivity index (χ3n) is 20.7. The molecular weight excluding hydrogens is 1430 g/mol. The van der Waals surface area contributed by atoms with Crippen LogP contribution in [0.2, 0.25) is 10.0 Å². The number of benzene rings is 4. The minimum Gasteiger partial charge on any atom is -0.364 e. The van der Waals surface area contributed by atoms with E-state index in [0.717, 1.165) is 156 Å². The van der Waals surface area contributed by atoms with Gasteiger partial charge in [-0.15, -0.1) is 65.7 Å². The summed E-state index contributed by atoms with van der Waals surface area (Å²) in [6.07, 6.45) is 25.3. The minimum absolute atomic E-state index is 0.193. The molecule has 3 aliphatic carbocycles. The number of halogens is 2. The molecule has 8 aromatic heterocycles. The van der Waals surface area contributed by atoms with Gasteiger partial charge in [0.1, 0.15) is 0 Å². The number of piperidine rings is 1. The van der Waals surface area contributed by atoms with E-state index in [-0.39, 0.29) is 23.0 Å². The summed E-state index contributed by atoms with van der Waals surface area (Å²) in [5.41, 5.74) is 28.7. The molecule has 1 saturated heterocycles. The summed E-state index contributed by atoms with van der Waals surface area (Å²) < 4.78 is 3.48. The molecule has 4 aromatic carbocycles. The summed E-state index contributed by atoms with van der Waals surface area (Å²) in [5.74, 6) is 0.842. The number of primary amides is 3. The molecule has 1 aliphatic heterocycles. The fraction of sp³-hybridized carbons (Fsp3) is 0.366. The van der Waals surface area contributed by atoms with Crippen LogP contribution in [0.1, 0.15) is 185 Å². The zero-order valence-electron chi connectivity index (χ0n) is 59.5. The maximum absolute atomic E-state index is 12.3. The lowest BCUT2D eigenvalue weighted by Crippen LogP contribution is -2.29. The molecule has 3 saturated carbocycles. The van der Waals surface area contributed by atoms with Crippen molar-refractivity contribution in [3.8, 4) is 41.8 Å². The topological polar surface area (TPSA) is 274 Å². The van der Waals surface area contributed by atoms with Crippen molar-refractivity contribution in [2.45, 2.75) is 149 Å². The minimum atomic E-state index is -0.531. The van der Waals surface area contributed by atoms with Crippen molar-refractivity contribution in [3.63, 3.8) is 0 Å². The average Bonchev–Trinajstić information content (AvgIpc) is 1.67. The lowest BCUT2D eigenvalue weighted by Gasteiger charge is -2.22. The van der Waals surface area contributed by atoms with Gasteiger partial charge in [0.2, 0.25) is 0 Å². The Balaban J connectivity index is 0.000000124. The Morgan fingerprint density at radius 2 is 0.638 bits per heavy atom. The molecule has 23 heteroatoms. The van der Waals surface area contributed by atoms with E-state index in [4.69, 9.17) is 40.4 Å². The van der Waals surface area contributed by atoms with Crippen molar-refractivity contribution in [3.05, 3.63) is 188 Å². The van der Waals surface area contributed by atoms with Crippen molar-refractivity contribution < 1.29 is 19.2 Å². The number of rotatable bonds is 16. The van der Waals surface area contributed by atoms with Crippen LogP contribution in [0.15, 0.2) is 121 Å². The van der Waals surface area contributed by atoms with Crippen molar-refractivity contribution in [1.82, 2.24) is 51.4 Å². The van der Waals surface area contributed by atoms with Crippen LogP contribution in [0.4, 0.5) is 0 Å². The van der Waals surface area contributed by atoms with Crippen LogP contribution in [-0.2, 0) is 25.7 Å². The smallest absolute Gasteiger partial charge is 0.273 e. The molecule has 0 spiro atoms. The van der Waals surface area contributed by atoms with E-state index in [1.807, 2.05) is 48.5 Å². The van der Waals surface area contributed by atoms with Gasteiger partial charge in [-0.3, -0.25) is 19.2 Å². The Labute approximate surface area is 638 Å². The molecule has 0 radical (unpaired) electrons. The molecule has 4 aliphatic rings. The monoisotopic (exact) mass is 1520 g/mol. The predicted octanol–water partition coefficient (Wildman–Crippen LogP) is 18.9. The number of hydrogen-bond acceptors (Lipinski definition) is 17. The molecule has 542 valence electrons. The number of nitrogens with zero attached hydrogens (tertiary/aromatic N) is 8. The van der Waals surface area contributed by atoms with E-state index in [1.165, 1.54) is 107 Å². The first-order valence-corrected chi connectivity index (χ1v) is 40.7. The summed E-state index contributed by atoms with van der Waals surface area (Å²) in [6.45, 7) is 6.26. The maximum Gasteiger partial charge on any atom is 0.273 e. The Hall–Kier alpha value is -8.54. The van der Waals surface area contributed by atoms with E-state index in [1.54, 1.807) is 52.4 Å². The molecule has 0 atom stereocenters. The molecular formula is C82H87Cl2N13O4S4. The lowest BCUT2D eigenvalue weighted by atomic mass is 9.85. The third-order valence-corrected chi connectivity index (χ3v) is 26.0. The quantitative estimate of drug-likeness (QED) is 0.0603. The van der Waals surface area contributed by atoms with Crippen LogP contribution in [-0.4, -0.2) is 84.6 Å². The lowest BCUT2D eigenvalue weighted by molar-refractivity contribution is 0.0955. The van der Waals surface area contributed by atoms with Crippen LogP contribution in [0.5, 0.6) is 0 Å². The van der Waals surface area contributed by atoms with E-state index in [0.29, 0.717) is 39.4 Å². The molecule has 9 heterocycles. The second-order valence-electron chi connectivity index (χ2n) is 28.3. The second kappa shape index (κ2) is 34.8. The molecule has 16 rings (SSSR count). The van der Waals surface area contributed by atoms with E-state index >= 15 is 0 Å². The number of nitrogens with one attached hydrogen (secondary N) is 2. The molecule has 4 fully saturated rings. The highest BCUT2D eigenvalue weighted by molar-refractivity contribution is 7.23. The van der Waals surface area contributed by atoms with Crippen LogP contribution in [0.3, 0.4) is 0 Å².